The number of nitrogens with zero attached hydrogens (tertiary/aromatic N) is 4. The Balaban J connectivity index is 1.42. The predicted molar refractivity (Wildman–Crippen MR) is 120 cm³/mol. The Morgan fingerprint density at radius 3 is 2.82 bits per heavy atom. The van der Waals surface area contributed by atoms with Gasteiger partial charge in [-0.15, -0.1) is 0 Å². The van der Waals surface area contributed by atoms with Crippen molar-refractivity contribution in [3.63, 3.8) is 0 Å². The molecule has 1 aliphatic rings. The molecule has 1 fully saturated rings. The van der Waals surface area contributed by atoms with Crippen LogP contribution in [0.4, 0.5) is 0 Å². The molecule has 1 N–H and O–H groups in total. The highest BCUT2D eigenvalue weighted by atomic mass is 16.5. The first kappa shape index (κ1) is 22.6. The summed E-state index contributed by atoms with van der Waals surface area (Å²) in [4.78, 5) is 41.9. The van der Waals surface area contributed by atoms with Crippen molar-refractivity contribution in [2.75, 3.05) is 20.3 Å². The zero-order valence-electron chi connectivity index (χ0n) is 18.9. The quantitative estimate of drug-likeness (QED) is 0.517. The summed E-state index contributed by atoms with van der Waals surface area (Å²) >= 11 is 0. The van der Waals surface area contributed by atoms with Gasteiger partial charge in [0, 0.05) is 27.2 Å². The molecule has 3 aromatic rings. The molecule has 11 heteroatoms. The molecule has 1 atom stereocenters. The predicted octanol–water partition coefficient (Wildman–Crippen LogP) is 0.317. The highest BCUT2D eigenvalue weighted by Gasteiger charge is 2.18. The number of aryl methyl sites for hydroxylation is 2. The van der Waals surface area contributed by atoms with Gasteiger partial charge in [-0.3, -0.25) is 14.2 Å². The summed E-state index contributed by atoms with van der Waals surface area (Å²) in [6.45, 7) is 1.02. The lowest BCUT2D eigenvalue weighted by molar-refractivity contribution is -0.121. The molecule has 3 heterocycles. The number of fused-ring (bicyclic) bond motifs is 1. The van der Waals surface area contributed by atoms with Crippen LogP contribution in [0.25, 0.3) is 11.2 Å². The Morgan fingerprint density at radius 2 is 2.09 bits per heavy atom. The third-order valence-electron chi connectivity index (χ3n) is 5.67. The van der Waals surface area contributed by atoms with E-state index < -0.39 is 23.7 Å². The molecule has 1 aliphatic heterocycles. The zero-order chi connectivity index (χ0) is 23.5. The van der Waals surface area contributed by atoms with E-state index in [9.17, 15) is 14.4 Å². The van der Waals surface area contributed by atoms with E-state index in [-0.39, 0.29) is 23.8 Å². The minimum absolute atomic E-state index is 0.0929. The van der Waals surface area contributed by atoms with Crippen LogP contribution in [0, 0.1) is 0 Å². The molecule has 176 valence electrons. The third kappa shape index (κ3) is 4.63. The van der Waals surface area contributed by atoms with E-state index in [1.807, 2.05) is 6.07 Å². The molecule has 33 heavy (non-hydrogen) atoms. The van der Waals surface area contributed by atoms with Crippen LogP contribution in [0.2, 0.25) is 0 Å². The van der Waals surface area contributed by atoms with Crippen molar-refractivity contribution in [3.8, 4) is 11.5 Å². The number of imidazole rings is 1. The van der Waals surface area contributed by atoms with Gasteiger partial charge in [-0.05, 0) is 30.5 Å². The Labute approximate surface area is 189 Å². The van der Waals surface area contributed by atoms with Crippen LogP contribution < -0.4 is 26.0 Å². The topological polar surface area (TPSA) is 119 Å². The lowest BCUT2D eigenvalue weighted by Gasteiger charge is -2.15. The van der Waals surface area contributed by atoms with E-state index in [0.717, 1.165) is 29.6 Å². The van der Waals surface area contributed by atoms with Gasteiger partial charge in [0.25, 0.3) is 5.56 Å². The molecule has 0 saturated carbocycles. The van der Waals surface area contributed by atoms with E-state index in [2.05, 4.69) is 10.3 Å². The summed E-state index contributed by atoms with van der Waals surface area (Å²) in [5, 5.41) is 2.74. The fourth-order valence-corrected chi connectivity index (χ4v) is 3.84. The van der Waals surface area contributed by atoms with Crippen LogP contribution in [0.15, 0.2) is 34.1 Å². The van der Waals surface area contributed by atoms with Crippen LogP contribution >= 0.6 is 0 Å². The number of rotatable bonds is 8. The van der Waals surface area contributed by atoms with Crippen molar-refractivity contribution in [2.24, 2.45) is 14.1 Å². The molecule has 11 nitrogen and oxygen atoms in total. The second-order valence-corrected chi connectivity index (χ2v) is 7.97. The van der Waals surface area contributed by atoms with Gasteiger partial charge < -0.3 is 24.1 Å². The van der Waals surface area contributed by atoms with E-state index in [4.69, 9.17) is 14.2 Å². The maximum atomic E-state index is 12.7. The van der Waals surface area contributed by atoms with Crippen molar-refractivity contribution >= 4 is 17.1 Å². The SMILES string of the molecule is COc1cc(CNC(=O)Cn2c(=O)c3c(ncn3C)n(C)c2=O)ccc1OCC1CCCO1. The molecule has 1 amide bonds. The average molecular weight is 457 g/mol. The Morgan fingerprint density at radius 1 is 1.27 bits per heavy atom. The Kier molecular flexibility index (Phi) is 6.50. The van der Waals surface area contributed by atoms with Crippen molar-refractivity contribution in [2.45, 2.75) is 32.0 Å². The zero-order valence-corrected chi connectivity index (χ0v) is 18.9. The lowest BCUT2D eigenvalue weighted by atomic mass is 10.2. The summed E-state index contributed by atoms with van der Waals surface area (Å²) in [5.74, 6) is 0.683. The van der Waals surface area contributed by atoms with E-state index >= 15 is 0 Å². The van der Waals surface area contributed by atoms with Gasteiger partial charge in [-0.25, -0.2) is 14.3 Å². The largest absolute Gasteiger partial charge is 0.493 e. The highest BCUT2D eigenvalue weighted by Crippen LogP contribution is 2.29. The van der Waals surface area contributed by atoms with Gasteiger partial charge in [0.1, 0.15) is 13.2 Å². The first-order valence-corrected chi connectivity index (χ1v) is 10.7. The minimum atomic E-state index is -0.601. The minimum Gasteiger partial charge on any atom is -0.493 e. The number of carbonyl (C=O) groups excluding carboxylic acids is 1. The number of methoxy groups -OCH3 is 1. The van der Waals surface area contributed by atoms with Gasteiger partial charge in [-0.2, -0.15) is 0 Å². The standard InChI is InChI=1S/C22H27N5O6/c1-25-13-24-20-19(25)21(29)27(22(30)26(20)2)11-18(28)23-10-14-6-7-16(17(9-14)31-3)33-12-15-5-4-8-32-15/h6-7,9,13,15H,4-5,8,10-12H2,1-3H3,(H,23,28). The van der Waals surface area contributed by atoms with E-state index in [1.54, 1.807) is 26.3 Å². The number of hydrogen-bond acceptors (Lipinski definition) is 7. The fourth-order valence-electron chi connectivity index (χ4n) is 3.84. The summed E-state index contributed by atoms with van der Waals surface area (Å²) in [6.07, 6.45) is 3.57. The molecule has 2 aromatic heterocycles. The number of ether oxygens (including phenoxy) is 3. The van der Waals surface area contributed by atoms with Crippen molar-refractivity contribution in [1.29, 1.82) is 0 Å². The molecule has 1 saturated heterocycles. The third-order valence-corrected chi connectivity index (χ3v) is 5.67. The normalized spacial score (nSPS) is 15.7. The second kappa shape index (κ2) is 9.49. The first-order valence-electron chi connectivity index (χ1n) is 10.7. The fraction of sp³-hybridized carbons (Fsp3) is 0.455. The molecule has 1 unspecified atom stereocenters. The number of benzene rings is 1. The molecule has 0 spiro atoms. The molecular formula is C22H27N5O6. The molecule has 1 aromatic carbocycles. The van der Waals surface area contributed by atoms with Crippen LogP contribution in [0.1, 0.15) is 18.4 Å². The molecule has 0 bridgehead atoms. The van der Waals surface area contributed by atoms with E-state index in [1.165, 1.54) is 22.5 Å². The number of carbonyl (C=O) groups is 1. The lowest BCUT2D eigenvalue weighted by Crippen LogP contribution is -2.43. The van der Waals surface area contributed by atoms with Crippen molar-refractivity contribution in [3.05, 3.63) is 50.9 Å². The molecule has 0 radical (unpaired) electrons. The number of amides is 1. The number of hydrogen-bond donors (Lipinski definition) is 1. The number of aromatic nitrogens is 4. The van der Waals surface area contributed by atoms with Crippen LogP contribution in [-0.2, 0) is 36.7 Å². The Bertz CT molecular complexity index is 1280. The Hall–Kier alpha value is -3.60. The smallest absolute Gasteiger partial charge is 0.332 e. The summed E-state index contributed by atoms with van der Waals surface area (Å²) in [5.41, 5.74) is 0.159. The summed E-state index contributed by atoms with van der Waals surface area (Å²) in [7, 11) is 4.72. The molecule has 0 aliphatic carbocycles. The monoisotopic (exact) mass is 457 g/mol. The average Bonchev–Trinajstić information content (AvgIpc) is 3.47. The van der Waals surface area contributed by atoms with Crippen LogP contribution in [-0.4, -0.2) is 51.0 Å². The number of nitrogens with one attached hydrogen (secondary N) is 1. The highest BCUT2D eigenvalue weighted by molar-refractivity contribution is 5.76. The van der Waals surface area contributed by atoms with Gasteiger partial charge in [0.2, 0.25) is 5.91 Å². The van der Waals surface area contributed by atoms with Gasteiger partial charge in [-0.1, -0.05) is 6.07 Å². The van der Waals surface area contributed by atoms with Crippen LogP contribution in [0.3, 0.4) is 0 Å². The van der Waals surface area contributed by atoms with Crippen LogP contribution in [0.5, 0.6) is 11.5 Å². The van der Waals surface area contributed by atoms with E-state index in [0.29, 0.717) is 18.1 Å². The van der Waals surface area contributed by atoms with Crippen molar-refractivity contribution in [1.82, 2.24) is 24.0 Å². The maximum absolute atomic E-state index is 12.7. The van der Waals surface area contributed by atoms with Gasteiger partial charge in [0.15, 0.2) is 22.7 Å². The maximum Gasteiger partial charge on any atom is 0.332 e. The second-order valence-electron chi connectivity index (χ2n) is 7.97. The summed E-state index contributed by atoms with van der Waals surface area (Å²) < 4.78 is 20.5. The summed E-state index contributed by atoms with van der Waals surface area (Å²) in [6, 6.07) is 5.38. The van der Waals surface area contributed by atoms with Gasteiger partial charge in [0.05, 0.1) is 19.5 Å². The van der Waals surface area contributed by atoms with Gasteiger partial charge >= 0.3 is 5.69 Å². The molecule has 4 rings (SSSR count). The van der Waals surface area contributed by atoms with Crippen molar-refractivity contribution < 1.29 is 19.0 Å². The molecular weight excluding hydrogens is 430 g/mol. The first-order chi connectivity index (χ1) is 15.9.